The number of hydrogen-bond acceptors (Lipinski definition) is 4. The Balaban J connectivity index is 2.00. The molecule has 2 fully saturated rings. The highest BCUT2D eigenvalue weighted by Crippen LogP contribution is 2.25. The van der Waals surface area contributed by atoms with Crippen molar-refractivity contribution in [1.82, 2.24) is 10.2 Å². The van der Waals surface area contributed by atoms with Gasteiger partial charge in [-0.2, -0.15) is 0 Å². The lowest BCUT2D eigenvalue weighted by atomic mass is 9.99. The predicted octanol–water partition coefficient (Wildman–Crippen LogP) is 1.55. The van der Waals surface area contributed by atoms with Crippen molar-refractivity contribution in [3.8, 4) is 0 Å². The fourth-order valence-corrected chi connectivity index (χ4v) is 3.48. The zero-order valence-electron chi connectivity index (χ0n) is 14.1. The SMILES string of the molecule is CC(C)C(=O)[C@H]1CCCN1C(=O)[C@@H]1CC[C@H](C(=O)C(C)C)N1. The number of nitrogens with zero attached hydrogens (tertiary/aromatic N) is 1. The lowest BCUT2D eigenvalue weighted by Crippen LogP contribution is -2.51. The summed E-state index contributed by atoms with van der Waals surface area (Å²) < 4.78 is 0. The van der Waals surface area contributed by atoms with Crippen LogP contribution in [0.2, 0.25) is 0 Å². The highest BCUT2D eigenvalue weighted by atomic mass is 16.2. The van der Waals surface area contributed by atoms with Crippen LogP contribution in [-0.4, -0.2) is 47.0 Å². The van der Waals surface area contributed by atoms with E-state index in [1.165, 1.54) is 0 Å². The molecular formula is C17H28N2O3. The van der Waals surface area contributed by atoms with Gasteiger partial charge in [0.25, 0.3) is 0 Å². The molecular weight excluding hydrogens is 280 g/mol. The summed E-state index contributed by atoms with van der Waals surface area (Å²) in [6, 6.07) is -0.793. The standard InChI is InChI=1S/C17H28N2O3/c1-10(2)15(20)12-7-8-13(18-12)17(22)19-9-5-6-14(19)16(21)11(3)4/h10-14,18H,5-9H2,1-4H3/t12-,13+,14-/m1/s1. The van der Waals surface area contributed by atoms with Gasteiger partial charge in [0.05, 0.1) is 18.1 Å². The van der Waals surface area contributed by atoms with Crippen molar-refractivity contribution < 1.29 is 14.4 Å². The molecule has 0 aromatic rings. The molecule has 124 valence electrons. The lowest BCUT2D eigenvalue weighted by Gasteiger charge is -2.28. The molecule has 0 bridgehead atoms. The van der Waals surface area contributed by atoms with E-state index in [9.17, 15) is 14.4 Å². The zero-order valence-corrected chi connectivity index (χ0v) is 14.1. The maximum Gasteiger partial charge on any atom is 0.240 e. The van der Waals surface area contributed by atoms with Crippen LogP contribution in [0.1, 0.15) is 53.4 Å². The number of nitrogens with one attached hydrogen (secondary N) is 1. The van der Waals surface area contributed by atoms with Gasteiger partial charge >= 0.3 is 0 Å². The molecule has 0 radical (unpaired) electrons. The van der Waals surface area contributed by atoms with Crippen LogP contribution < -0.4 is 5.32 Å². The van der Waals surface area contributed by atoms with Gasteiger partial charge in [0.15, 0.2) is 11.6 Å². The van der Waals surface area contributed by atoms with Crippen molar-refractivity contribution in [2.24, 2.45) is 11.8 Å². The van der Waals surface area contributed by atoms with Gasteiger partial charge in [-0.15, -0.1) is 0 Å². The number of amides is 1. The van der Waals surface area contributed by atoms with Gasteiger partial charge in [0, 0.05) is 18.4 Å². The number of Topliss-reactive ketones (excluding diaryl/α,β-unsaturated/α-hetero) is 2. The molecule has 0 spiro atoms. The van der Waals surface area contributed by atoms with Crippen LogP contribution >= 0.6 is 0 Å². The van der Waals surface area contributed by atoms with Crippen molar-refractivity contribution in [3.05, 3.63) is 0 Å². The van der Waals surface area contributed by atoms with Gasteiger partial charge in [0.2, 0.25) is 5.91 Å². The molecule has 2 aliphatic rings. The molecule has 0 unspecified atom stereocenters. The lowest BCUT2D eigenvalue weighted by molar-refractivity contribution is -0.140. The molecule has 2 rings (SSSR count). The fourth-order valence-electron chi connectivity index (χ4n) is 3.48. The molecule has 0 aromatic carbocycles. The summed E-state index contributed by atoms with van der Waals surface area (Å²) in [6.07, 6.45) is 3.05. The molecule has 5 nitrogen and oxygen atoms in total. The van der Waals surface area contributed by atoms with Crippen LogP contribution in [0.15, 0.2) is 0 Å². The Morgan fingerprint density at radius 3 is 2.09 bits per heavy atom. The third-order valence-electron chi connectivity index (χ3n) is 4.79. The van der Waals surface area contributed by atoms with Crippen molar-refractivity contribution in [2.45, 2.75) is 71.5 Å². The van der Waals surface area contributed by atoms with Crippen molar-refractivity contribution in [1.29, 1.82) is 0 Å². The van der Waals surface area contributed by atoms with Gasteiger partial charge in [-0.25, -0.2) is 0 Å². The maximum absolute atomic E-state index is 12.7. The van der Waals surface area contributed by atoms with E-state index in [1.807, 2.05) is 27.7 Å². The molecule has 22 heavy (non-hydrogen) atoms. The summed E-state index contributed by atoms with van der Waals surface area (Å²) in [4.78, 5) is 38.8. The van der Waals surface area contributed by atoms with Crippen LogP contribution in [0, 0.1) is 11.8 Å². The first-order valence-electron chi connectivity index (χ1n) is 8.47. The van der Waals surface area contributed by atoms with Crippen LogP contribution in [0.25, 0.3) is 0 Å². The molecule has 2 heterocycles. The summed E-state index contributed by atoms with van der Waals surface area (Å²) in [7, 11) is 0. The number of likely N-dealkylation sites (tertiary alicyclic amines) is 1. The largest absolute Gasteiger partial charge is 0.331 e. The number of ketones is 2. The molecule has 1 amide bonds. The second kappa shape index (κ2) is 6.90. The third-order valence-corrected chi connectivity index (χ3v) is 4.79. The normalized spacial score (nSPS) is 28.6. The summed E-state index contributed by atoms with van der Waals surface area (Å²) in [5.74, 6) is 0.249. The fraction of sp³-hybridized carbons (Fsp3) is 0.824. The van der Waals surface area contributed by atoms with E-state index in [2.05, 4.69) is 5.32 Å². The molecule has 3 atom stereocenters. The number of carbonyl (C=O) groups excluding carboxylic acids is 3. The van der Waals surface area contributed by atoms with Crippen LogP contribution in [0.4, 0.5) is 0 Å². The van der Waals surface area contributed by atoms with Gasteiger partial charge in [-0.1, -0.05) is 27.7 Å². The van der Waals surface area contributed by atoms with E-state index in [1.54, 1.807) is 4.90 Å². The van der Waals surface area contributed by atoms with E-state index in [4.69, 9.17) is 0 Å². The van der Waals surface area contributed by atoms with E-state index in [-0.39, 0.29) is 47.4 Å². The number of rotatable bonds is 5. The van der Waals surface area contributed by atoms with Gasteiger partial charge in [-0.3, -0.25) is 19.7 Å². The highest BCUT2D eigenvalue weighted by molar-refractivity contribution is 5.93. The summed E-state index contributed by atoms with van der Waals surface area (Å²) in [5, 5.41) is 3.19. The van der Waals surface area contributed by atoms with Gasteiger partial charge in [0.1, 0.15) is 0 Å². The topological polar surface area (TPSA) is 66.5 Å². The van der Waals surface area contributed by atoms with Gasteiger partial charge < -0.3 is 4.90 Å². The summed E-state index contributed by atoms with van der Waals surface area (Å²) in [6.45, 7) is 8.19. The van der Waals surface area contributed by atoms with E-state index in [0.717, 1.165) is 12.8 Å². The minimum atomic E-state index is -0.312. The molecule has 0 aliphatic carbocycles. The maximum atomic E-state index is 12.7. The van der Waals surface area contributed by atoms with Crippen LogP contribution in [-0.2, 0) is 14.4 Å². The van der Waals surface area contributed by atoms with Crippen molar-refractivity contribution >= 4 is 17.5 Å². The molecule has 2 aliphatic heterocycles. The first-order chi connectivity index (χ1) is 10.3. The average molecular weight is 308 g/mol. The summed E-state index contributed by atoms with van der Waals surface area (Å²) >= 11 is 0. The smallest absolute Gasteiger partial charge is 0.240 e. The average Bonchev–Trinajstić information content (AvgIpc) is 3.13. The van der Waals surface area contributed by atoms with Crippen molar-refractivity contribution in [3.63, 3.8) is 0 Å². The Hall–Kier alpha value is -1.23. The first-order valence-corrected chi connectivity index (χ1v) is 8.47. The van der Waals surface area contributed by atoms with Crippen LogP contribution in [0.3, 0.4) is 0 Å². The predicted molar refractivity (Wildman–Crippen MR) is 84.4 cm³/mol. The second-order valence-electron chi connectivity index (χ2n) is 7.15. The second-order valence-corrected chi connectivity index (χ2v) is 7.15. The van der Waals surface area contributed by atoms with E-state index >= 15 is 0 Å². The Kier molecular flexibility index (Phi) is 5.37. The number of hydrogen-bond donors (Lipinski definition) is 1. The third kappa shape index (κ3) is 3.40. The van der Waals surface area contributed by atoms with Crippen molar-refractivity contribution in [2.75, 3.05) is 6.54 Å². The Morgan fingerprint density at radius 2 is 1.50 bits per heavy atom. The zero-order chi connectivity index (χ0) is 16.4. The minimum Gasteiger partial charge on any atom is -0.331 e. The molecule has 5 heteroatoms. The quantitative estimate of drug-likeness (QED) is 0.837. The van der Waals surface area contributed by atoms with E-state index in [0.29, 0.717) is 19.4 Å². The van der Waals surface area contributed by atoms with Crippen LogP contribution in [0.5, 0.6) is 0 Å². The summed E-state index contributed by atoms with van der Waals surface area (Å²) in [5.41, 5.74) is 0. The molecule has 0 aromatic heterocycles. The Morgan fingerprint density at radius 1 is 0.909 bits per heavy atom. The molecule has 2 saturated heterocycles. The molecule has 0 saturated carbocycles. The minimum absolute atomic E-state index is 0.00411. The first kappa shape index (κ1) is 17.1. The molecule has 1 N–H and O–H groups in total. The Bertz CT molecular complexity index is 459. The number of carbonyl (C=O) groups is 3. The monoisotopic (exact) mass is 308 g/mol. The van der Waals surface area contributed by atoms with Gasteiger partial charge in [-0.05, 0) is 25.7 Å². The van der Waals surface area contributed by atoms with E-state index < -0.39 is 0 Å². The Labute approximate surface area is 132 Å². The highest BCUT2D eigenvalue weighted by Gasteiger charge is 2.41.